The molecule has 3 rings (SSSR count). The molecule has 0 saturated carbocycles. The van der Waals surface area contributed by atoms with Crippen LogP contribution in [-0.4, -0.2) is 51.8 Å². The molecule has 1 aromatic heterocycles. The molecule has 2 heterocycles. The minimum atomic E-state index is 0.260. The molecular weight excluding hydrogens is 288 g/mol. The lowest BCUT2D eigenvalue weighted by molar-refractivity contribution is 0.231. The second-order valence-electron chi connectivity index (χ2n) is 5.60. The summed E-state index contributed by atoms with van der Waals surface area (Å²) in [4.78, 5) is 2.47. The number of anilines is 1. The first-order valence-corrected chi connectivity index (χ1v) is 7.93. The zero-order chi connectivity index (χ0) is 14.7. The molecule has 1 aliphatic rings. The Hall–Kier alpha value is -1.46. The average Bonchev–Trinajstić information content (AvgIpc) is 2.88. The molecule has 0 amide bonds. The Morgan fingerprint density at radius 3 is 3.00 bits per heavy atom. The van der Waals surface area contributed by atoms with Gasteiger partial charge in [0.15, 0.2) is 5.82 Å². The molecule has 1 saturated heterocycles. The van der Waals surface area contributed by atoms with Crippen molar-refractivity contribution in [1.29, 1.82) is 0 Å². The van der Waals surface area contributed by atoms with Crippen molar-refractivity contribution in [1.82, 2.24) is 15.1 Å². The first-order valence-electron chi connectivity index (χ1n) is 7.50. The number of nitrogens with zero attached hydrogens (tertiary/aromatic N) is 2. The molecule has 3 N–H and O–H groups in total. The van der Waals surface area contributed by atoms with E-state index in [9.17, 15) is 5.11 Å². The molecule has 0 atom stereocenters. The van der Waals surface area contributed by atoms with Gasteiger partial charge in [-0.15, -0.1) is 11.6 Å². The Labute approximate surface area is 129 Å². The number of piperidine rings is 1. The number of halogens is 1. The van der Waals surface area contributed by atoms with Crippen molar-refractivity contribution >= 4 is 28.3 Å². The number of aromatic hydroxyl groups is 1. The molecule has 2 aromatic rings. The van der Waals surface area contributed by atoms with Gasteiger partial charge >= 0.3 is 0 Å². The lowest BCUT2D eigenvalue weighted by Crippen LogP contribution is -2.35. The molecule has 0 aliphatic carbocycles. The highest BCUT2D eigenvalue weighted by Gasteiger charge is 2.16. The van der Waals surface area contributed by atoms with E-state index in [2.05, 4.69) is 20.4 Å². The van der Waals surface area contributed by atoms with Gasteiger partial charge in [-0.1, -0.05) is 0 Å². The molecule has 21 heavy (non-hydrogen) atoms. The fourth-order valence-electron chi connectivity index (χ4n) is 2.77. The van der Waals surface area contributed by atoms with Crippen LogP contribution in [0.2, 0.25) is 0 Å². The van der Waals surface area contributed by atoms with Crippen LogP contribution in [-0.2, 0) is 0 Å². The standard InChI is InChI=1S/C15H21ClN4O/c16-11-4-8-20(9-5-11)7-1-6-17-15-13-10-12(21)2-3-14(13)18-19-15/h2-3,10-11,21H,1,4-9H2,(H2,17,18,19). The van der Waals surface area contributed by atoms with E-state index in [-0.39, 0.29) is 5.75 Å². The van der Waals surface area contributed by atoms with Gasteiger partial charge in [0.2, 0.25) is 0 Å². The van der Waals surface area contributed by atoms with Gasteiger partial charge in [-0.05, 0) is 57.1 Å². The van der Waals surface area contributed by atoms with E-state index < -0.39 is 0 Å². The summed E-state index contributed by atoms with van der Waals surface area (Å²) in [6.07, 6.45) is 3.26. The topological polar surface area (TPSA) is 64.2 Å². The summed E-state index contributed by atoms with van der Waals surface area (Å²) >= 11 is 6.11. The van der Waals surface area contributed by atoms with Gasteiger partial charge in [0, 0.05) is 17.3 Å². The minimum absolute atomic E-state index is 0.260. The smallest absolute Gasteiger partial charge is 0.155 e. The molecule has 0 radical (unpaired) electrons. The number of hydrogen-bond donors (Lipinski definition) is 3. The highest BCUT2D eigenvalue weighted by Crippen LogP contribution is 2.24. The molecular formula is C15H21ClN4O. The van der Waals surface area contributed by atoms with E-state index in [0.29, 0.717) is 5.38 Å². The SMILES string of the molecule is Oc1ccc2[nH]nc(NCCCN3CCC(Cl)CC3)c2c1. The van der Waals surface area contributed by atoms with Crippen LogP contribution in [0.15, 0.2) is 18.2 Å². The third-order valence-corrected chi connectivity index (χ3v) is 4.44. The van der Waals surface area contributed by atoms with E-state index in [1.807, 2.05) is 6.07 Å². The van der Waals surface area contributed by atoms with E-state index in [4.69, 9.17) is 11.6 Å². The molecule has 6 heteroatoms. The number of H-pyrrole nitrogens is 1. The highest BCUT2D eigenvalue weighted by atomic mass is 35.5. The van der Waals surface area contributed by atoms with Gasteiger partial charge in [0.1, 0.15) is 5.75 Å². The second kappa shape index (κ2) is 6.54. The van der Waals surface area contributed by atoms with Crippen LogP contribution in [0.4, 0.5) is 5.82 Å². The quantitative estimate of drug-likeness (QED) is 0.587. The summed E-state index contributed by atoms with van der Waals surface area (Å²) in [6.45, 7) is 4.17. The number of phenolic OH excluding ortho intramolecular Hbond substituents is 1. The van der Waals surface area contributed by atoms with Crippen LogP contribution < -0.4 is 5.32 Å². The largest absolute Gasteiger partial charge is 0.508 e. The van der Waals surface area contributed by atoms with Crippen LogP contribution >= 0.6 is 11.6 Å². The summed E-state index contributed by atoms with van der Waals surface area (Å²) in [5.74, 6) is 1.07. The first kappa shape index (κ1) is 14.5. The van der Waals surface area contributed by atoms with Gasteiger partial charge in [0.25, 0.3) is 0 Å². The predicted molar refractivity (Wildman–Crippen MR) is 86.2 cm³/mol. The van der Waals surface area contributed by atoms with Crippen LogP contribution in [0.1, 0.15) is 19.3 Å². The molecule has 1 fully saturated rings. The maximum absolute atomic E-state index is 9.55. The van der Waals surface area contributed by atoms with E-state index >= 15 is 0 Å². The Kier molecular flexibility index (Phi) is 4.51. The van der Waals surface area contributed by atoms with Crippen LogP contribution in [0.3, 0.4) is 0 Å². The number of hydrogen-bond acceptors (Lipinski definition) is 4. The van der Waals surface area contributed by atoms with E-state index in [1.165, 1.54) is 0 Å². The average molecular weight is 309 g/mol. The van der Waals surface area contributed by atoms with Crippen molar-refractivity contribution in [2.75, 3.05) is 31.5 Å². The highest BCUT2D eigenvalue weighted by molar-refractivity contribution is 6.20. The fourth-order valence-corrected chi connectivity index (χ4v) is 2.97. The minimum Gasteiger partial charge on any atom is -0.508 e. The molecule has 1 aliphatic heterocycles. The molecule has 1 aromatic carbocycles. The zero-order valence-corrected chi connectivity index (χ0v) is 12.7. The van der Waals surface area contributed by atoms with Crippen LogP contribution in [0.5, 0.6) is 5.75 Å². The first-order chi connectivity index (χ1) is 10.2. The van der Waals surface area contributed by atoms with Crippen LogP contribution in [0.25, 0.3) is 10.9 Å². The van der Waals surface area contributed by atoms with Crippen molar-refractivity contribution in [3.63, 3.8) is 0 Å². The monoisotopic (exact) mass is 308 g/mol. The Morgan fingerprint density at radius 2 is 2.19 bits per heavy atom. The number of rotatable bonds is 5. The number of aromatic amines is 1. The number of fused-ring (bicyclic) bond motifs is 1. The third-order valence-electron chi connectivity index (χ3n) is 4.01. The predicted octanol–water partition coefficient (Wildman–Crippen LogP) is 2.77. The Bertz CT molecular complexity index is 592. The molecule has 5 nitrogen and oxygen atoms in total. The normalized spacial score (nSPS) is 17.4. The maximum atomic E-state index is 9.55. The number of alkyl halides is 1. The molecule has 0 unspecified atom stereocenters. The van der Waals surface area contributed by atoms with Gasteiger partial charge in [-0.25, -0.2) is 0 Å². The van der Waals surface area contributed by atoms with E-state index in [1.54, 1.807) is 12.1 Å². The van der Waals surface area contributed by atoms with Crippen molar-refractivity contribution in [3.8, 4) is 5.75 Å². The van der Waals surface area contributed by atoms with Gasteiger partial charge in [-0.2, -0.15) is 5.10 Å². The van der Waals surface area contributed by atoms with Gasteiger partial charge in [0.05, 0.1) is 5.52 Å². The summed E-state index contributed by atoms with van der Waals surface area (Å²) in [7, 11) is 0. The second-order valence-corrected chi connectivity index (χ2v) is 6.22. The van der Waals surface area contributed by atoms with Crippen molar-refractivity contribution in [2.45, 2.75) is 24.6 Å². The maximum Gasteiger partial charge on any atom is 0.155 e. The molecule has 114 valence electrons. The van der Waals surface area contributed by atoms with Gasteiger partial charge in [-0.3, -0.25) is 5.10 Å². The summed E-state index contributed by atoms with van der Waals surface area (Å²) in [5, 5.41) is 21.4. The number of nitrogens with one attached hydrogen (secondary N) is 2. The van der Waals surface area contributed by atoms with Crippen molar-refractivity contribution < 1.29 is 5.11 Å². The van der Waals surface area contributed by atoms with Crippen molar-refractivity contribution in [3.05, 3.63) is 18.2 Å². The number of phenols is 1. The van der Waals surface area contributed by atoms with Gasteiger partial charge < -0.3 is 15.3 Å². The van der Waals surface area contributed by atoms with Crippen LogP contribution in [0, 0.1) is 0 Å². The third kappa shape index (κ3) is 3.60. The summed E-state index contributed by atoms with van der Waals surface area (Å²) in [6, 6.07) is 5.22. The fraction of sp³-hybridized carbons (Fsp3) is 0.533. The lowest BCUT2D eigenvalue weighted by atomic mass is 10.1. The molecule has 0 bridgehead atoms. The number of benzene rings is 1. The Balaban J connectivity index is 1.47. The lowest BCUT2D eigenvalue weighted by Gasteiger charge is -2.29. The Morgan fingerprint density at radius 1 is 1.38 bits per heavy atom. The zero-order valence-electron chi connectivity index (χ0n) is 12.0. The summed E-state index contributed by atoms with van der Waals surface area (Å²) < 4.78 is 0. The number of likely N-dealkylation sites (tertiary alicyclic amines) is 1. The number of aromatic nitrogens is 2. The summed E-state index contributed by atoms with van der Waals surface area (Å²) in [5.41, 5.74) is 0.930. The molecule has 0 spiro atoms. The van der Waals surface area contributed by atoms with Crippen molar-refractivity contribution in [2.24, 2.45) is 0 Å². The van der Waals surface area contributed by atoms with E-state index in [0.717, 1.165) is 62.2 Å².